The second-order valence-electron chi connectivity index (χ2n) is 5.19. The van der Waals surface area contributed by atoms with Gasteiger partial charge in [0.25, 0.3) is 0 Å². The summed E-state index contributed by atoms with van der Waals surface area (Å²) in [5, 5.41) is 36.1. The molecular formula is C19H16N4O2. The summed E-state index contributed by atoms with van der Waals surface area (Å²) in [7, 11) is 0. The van der Waals surface area contributed by atoms with Gasteiger partial charge in [-0.25, -0.2) is 0 Å². The van der Waals surface area contributed by atoms with Crippen molar-refractivity contribution in [2.75, 3.05) is 0 Å². The van der Waals surface area contributed by atoms with Gasteiger partial charge in [-0.15, -0.1) is 10.2 Å². The number of phenolic OH excluding ortho intramolecular Hbond substituents is 2. The van der Waals surface area contributed by atoms with Gasteiger partial charge >= 0.3 is 0 Å². The van der Waals surface area contributed by atoms with Gasteiger partial charge in [-0.3, -0.25) is 0 Å². The molecule has 0 saturated carbocycles. The van der Waals surface area contributed by atoms with Crippen LogP contribution in [0, 0.1) is 0 Å². The van der Waals surface area contributed by atoms with Gasteiger partial charge in [-0.2, -0.15) is 10.2 Å². The molecule has 0 amide bonds. The minimum Gasteiger partial charge on any atom is -0.506 e. The molecule has 3 aromatic rings. The molecule has 0 radical (unpaired) electrons. The maximum atomic E-state index is 9.80. The lowest BCUT2D eigenvalue weighted by Crippen LogP contribution is -1.89. The number of phenols is 2. The molecule has 2 N–H and O–H groups in total. The molecule has 0 aliphatic rings. The summed E-state index contributed by atoms with van der Waals surface area (Å²) >= 11 is 0. The van der Waals surface area contributed by atoms with E-state index >= 15 is 0 Å². The highest BCUT2D eigenvalue weighted by Gasteiger charge is 2.09. The Bertz CT molecular complexity index is 839. The summed E-state index contributed by atoms with van der Waals surface area (Å²) in [6.07, 6.45) is -0.694. The molecule has 3 aromatic carbocycles. The van der Waals surface area contributed by atoms with Crippen LogP contribution in [0.4, 0.5) is 11.4 Å². The predicted molar refractivity (Wildman–Crippen MR) is 94.4 cm³/mol. The Labute approximate surface area is 144 Å². The summed E-state index contributed by atoms with van der Waals surface area (Å²) in [5.41, 5.74) is 1.49. The summed E-state index contributed by atoms with van der Waals surface area (Å²) in [6, 6.07) is 22.7. The Balaban J connectivity index is 1.91. The van der Waals surface area contributed by atoms with Gasteiger partial charge in [0.2, 0.25) is 6.17 Å². The number of aromatic hydroxyl groups is 2. The van der Waals surface area contributed by atoms with Crippen LogP contribution in [-0.4, -0.2) is 10.2 Å². The number of nitrogens with zero attached hydrogens (tertiary/aromatic N) is 4. The van der Waals surface area contributed by atoms with Gasteiger partial charge in [0, 0.05) is 5.56 Å². The van der Waals surface area contributed by atoms with E-state index in [1.165, 1.54) is 12.1 Å². The molecule has 0 atom stereocenters. The van der Waals surface area contributed by atoms with Crippen LogP contribution in [0.15, 0.2) is 99.3 Å². The maximum absolute atomic E-state index is 9.80. The van der Waals surface area contributed by atoms with E-state index in [2.05, 4.69) is 20.5 Å². The number of hydrogen-bond donors (Lipinski definition) is 2. The summed E-state index contributed by atoms with van der Waals surface area (Å²) in [4.78, 5) is 0. The van der Waals surface area contributed by atoms with Crippen LogP contribution in [0.2, 0.25) is 0 Å². The van der Waals surface area contributed by atoms with Crippen molar-refractivity contribution in [2.45, 2.75) is 6.17 Å². The smallest absolute Gasteiger partial charge is 0.206 e. The van der Waals surface area contributed by atoms with E-state index in [4.69, 9.17) is 0 Å². The van der Waals surface area contributed by atoms with E-state index in [9.17, 15) is 10.2 Å². The molecule has 0 bridgehead atoms. The molecule has 6 nitrogen and oxygen atoms in total. The third-order valence-corrected chi connectivity index (χ3v) is 3.41. The van der Waals surface area contributed by atoms with E-state index in [1.807, 2.05) is 30.3 Å². The quantitative estimate of drug-likeness (QED) is 0.590. The molecule has 0 saturated heterocycles. The molecule has 0 heterocycles. The van der Waals surface area contributed by atoms with E-state index in [0.29, 0.717) is 11.4 Å². The molecule has 25 heavy (non-hydrogen) atoms. The highest BCUT2D eigenvalue weighted by atomic mass is 16.3. The van der Waals surface area contributed by atoms with Crippen molar-refractivity contribution in [3.05, 3.63) is 84.4 Å². The maximum Gasteiger partial charge on any atom is 0.206 e. The van der Waals surface area contributed by atoms with E-state index in [1.54, 1.807) is 36.4 Å². The van der Waals surface area contributed by atoms with Crippen molar-refractivity contribution in [1.29, 1.82) is 0 Å². The highest BCUT2D eigenvalue weighted by molar-refractivity contribution is 5.50. The number of benzene rings is 3. The van der Waals surface area contributed by atoms with Crippen molar-refractivity contribution in [2.24, 2.45) is 20.5 Å². The van der Waals surface area contributed by atoms with Crippen LogP contribution in [0.25, 0.3) is 0 Å². The molecule has 0 aliphatic carbocycles. The zero-order valence-corrected chi connectivity index (χ0v) is 13.3. The monoisotopic (exact) mass is 332 g/mol. The minimum absolute atomic E-state index is 0.0377. The molecule has 3 rings (SSSR count). The molecule has 6 heteroatoms. The number of azo groups is 2. The average molecular weight is 332 g/mol. The van der Waals surface area contributed by atoms with Crippen molar-refractivity contribution in [3.8, 4) is 11.5 Å². The number of rotatable bonds is 5. The lowest BCUT2D eigenvalue weighted by molar-refractivity contribution is 0.475. The second-order valence-corrected chi connectivity index (χ2v) is 5.19. The van der Waals surface area contributed by atoms with Crippen LogP contribution in [0.1, 0.15) is 11.7 Å². The second kappa shape index (κ2) is 7.83. The highest BCUT2D eigenvalue weighted by Crippen LogP contribution is 2.31. The third-order valence-electron chi connectivity index (χ3n) is 3.41. The normalized spacial score (nSPS) is 12.6. The number of para-hydroxylation sites is 2. The fourth-order valence-corrected chi connectivity index (χ4v) is 2.11. The van der Waals surface area contributed by atoms with Crippen LogP contribution in [0.5, 0.6) is 11.5 Å². The molecule has 0 unspecified atom stereocenters. The Morgan fingerprint density at radius 3 is 1.48 bits per heavy atom. The van der Waals surface area contributed by atoms with Gasteiger partial charge in [-0.1, -0.05) is 54.6 Å². The first-order valence-corrected chi connectivity index (χ1v) is 7.66. The zero-order chi connectivity index (χ0) is 17.5. The fourth-order valence-electron chi connectivity index (χ4n) is 2.11. The van der Waals surface area contributed by atoms with Crippen molar-refractivity contribution in [1.82, 2.24) is 0 Å². The van der Waals surface area contributed by atoms with Crippen LogP contribution in [0.3, 0.4) is 0 Å². The Morgan fingerprint density at radius 1 is 0.560 bits per heavy atom. The van der Waals surface area contributed by atoms with E-state index in [-0.39, 0.29) is 11.5 Å². The molecular weight excluding hydrogens is 316 g/mol. The van der Waals surface area contributed by atoms with Gasteiger partial charge in [-0.05, 0) is 24.3 Å². The Hall–Kier alpha value is -3.54. The topological polar surface area (TPSA) is 89.9 Å². The molecule has 0 aromatic heterocycles. The minimum atomic E-state index is -0.694. The average Bonchev–Trinajstić information content (AvgIpc) is 2.65. The SMILES string of the molecule is Oc1ccccc1N=NC(N=Nc1ccccc1O)c1ccccc1. The Kier molecular flexibility index (Phi) is 5.11. The van der Waals surface area contributed by atoms with Crippen LogP contribution >= 0.6 is 0 Å². The van der Waals surface area contributed by atoms with E-state index < -0.39 is 6.17 Å². The van der Waals surface area contributed by atoms with Gasteiger partial charge in [0.05, 0.1) is 0 Å². The van der Waals surface area contributed by atoms with Crippen LogP contribution in [-0.2, 0) is 0 Å². The first-order valence-electron chi connectivity index (χ1n) is 7.66. The summed E-state index contributed by atoms with van der Waals surface area (Å²) in [6.45, 7) is 0. The predicted octanol–water partition coefficient (Wildman–Crippen LogP) is 5.66. The zero-order valence-electron chi connectivity index (χ0n) is 13.3. The van der Waals surface area contributed by atoms with Crippen molar-refractivity contribution >= 4 is 11.4 Å². The Morgan fingerprint density at radius 2 is 1.00 bits per heavy atom. The van der Waals surface area contributed by atoms with Crippen LogP contribution < -0.4 is 0 Å². The molecule has 124 valence electrons. The standard InChI is InChI=1S/C19H16N4O2/c24-17-12-6-4-10-15(17)20-22-19(14-8-2-1-3-9-14)23-21-16-11-5-7-13-18(16)25/h1-13,19,24-25H. The number of hydrogen-bond acceptors (Lipinski definition) is 6. The van der Waals surface area contributed by atoms with Gasteiger partial charge < -0.3 is 10.2 Å². The van der Waals surface area contributed by atoms with E-state index in [0.717, 1.165) is 5.56 Å². The lowest BCUT2D eigenvalue weighted by atomic mass is 10.2. The van der Waals surface area contributed by atoms with Crippen molar-refractivity contribution < 1.29 is 10.2 Å². The molecule has 0 aliphatic heterocycles. The first kappa shape index (κ1) is 16.3. The lowest BCUT2D eigenvalue weighted by Gasteiger charge is -2.06. The third kappa shape index (κ3) is 4.26. The molecule has 0 spiro atoms. The fraction of sp³-hybridized carbons (Fsp3) is 0.0526. The molecule has 0 fully saturated rings. The van der Waals surface area contributed by atoms with Gasteiger partial charge in [0.1, 0.15) is 22.9 Å². The summed E-state index contributed by atoms with van der Waals surface area (Å²) < 4.78 is 0. The first-order chi connectivity index (χ1) is 12.2. The largest absolute Gasteiger partial charge is 0.506 e. The van der Waals surface area contributed by atoms with Crippen molar-refractivity contribution in [3.63, 3.8) is 0 Å². The summed E-state index contributed by atoms with van der Waals surface area (Å²) in [5.74, 6) is 0.0754. The van der Waals surface area contributed by atoms with Gasteiger partial charge in [0.15, 0.2) is 0 Å².